The van der Waals surface area contributed by atoms with Gasteiger partial charge in [-0.25, -0.2) is 0 Å². The molecule has 19 heavy (non-hydrogen) atoms. The second kappa shape index (κ2) is 7.06. The fraction of sp³-hybridized carbons (Fsp3) is 0.647. The first-order chi connectivity index (χ1) is 8.84. The molecule has 2 unspecified atom stereocenters. The van der Waals surface area contributed by atoms with Crippen molar-refractivity contribution in [3.63, 3.8) is 0 Å². The van der Waals surface area contributed by atoms with Crippen molar-refractivity contribution in [2.45, 2.75) is 46.6 Å². The molecule has 0 heterocycles. The Hall–Kier alpha value is -0.860. The van der Waals surface area contributed by atoms with Crippen molar-refractivity contribution in [3.05, 3.63) is 35.4 Å². The van der Waals surface area contributed by atoms with Crippen LogP contribution in [0.15, 0.2) is 24.3 Å². The normalized spacial score (nSPS) is 15.3. The SMILES string of the molecule is COCCc1ccc(C(O)CC(C)C(C)(C)C)cc1. The summed E-state index contributed by atoms with van der Waals surface area (Å²) in [5, 5.41) is 10.3. The van der Waals surface area contributed by atoms with E-state index >= 15 is 0 Å². The fourth-order valence-corrected chi connectivity index (χ4v) is 1.95. The second-order valence-corrected chi connectivity index (χ2v) is 6.50. The van der Waals surface area contributed by atoms with Crippen molar-refractivity contribution in [1.29, 1.82) is 0 Å². The highest BCUT2D eigenvalue weighted by atomic mass is 16.5. The average molecular weight is 264 g/mol. The van der Waals surface area contributed by atoms with Gasteiger partial charge < -0.3 is 9.84 Å². The quantitative estimate of drug-likeness (QED) is 0.842. The molecule has 0 amide bonds. The third-order valence-electron chi connectivity index (χ3n) is 4.01. The number of ether oxygens (including phenoxy) is 1. The van der Waals surface area contributed by atoms with Gasteiger partial charge in [0.1, 0.15) is 0 Å². The molecular weight excluding hydrogens is 236 g/mol. The van der Waals surface area contributed by atoms with E-state index in [2.05, 4.69) is 39.8 Å². The standard InChI is InChI=1S/C17H28O2/c1-13(17(2,3)4)12-16(18)15-8-6-14(7-9-15)10-11-19-5/h6-9,13,16,18H,10-12H2,1-5H3. The van der Waals surface area contributed by atoms with Gasteiger partial charge in [0.25, 0.3) is 0 Å². The first kappa shape index (κ1) is 16.2. The van der Waals surface area contributed by atoms with Gasteiger partial charge >= 0.3 is 0 Å². The summed E-state index contributed by atoms with van der Waals surface area (Å²) < 4.78 is 5.06. The minimum absolute atomic E-state index is 0.236. The number of hydrogen-bond acceptors (Lipinski definition) is 2. The van der Waals surface area contributed by atoms with Gasteiger partial charge in [-0.05, 0) is 35.3 Å². The van der Waals surface area contributed by atoms with Gasteiger partial charge in [-0.2, -0.15) is 0 Å². The largest absolute Gasteiger partial charge is 0.388 e. The molecule has 0 aliphatic carbocycles. The van der Waals surface area contributed by atoms with E-state index in [1.54, 1.807) is 7.11 Å². The number of rotatable bonds is 6. The summed E-state index contributed by atoms with van der Waals surface area (Å²) in [6.07, 6.45) is 1.36. The van der Waals surface area contributed by atoms with Crippen LogP contribution in [0.4, 0.5) is 0 Å². The number of hydrogen-bond donors (Lipinski definition) is 1. The molecule has 1 aromatic carbocycles. The molecule has 2 atom stereocenters. The number of aliphatic hydroxyl groups is 1. The summed E-state index contributed by atoms with van der Waals surface area (Å²) in [5.41, 5.74) is 2.50. The maximum atomic E-state index is 10.3. The van der Waals surface area contributed by atoms with E-state index in [1.165, 1.54) is 5.56 Å². The Morgan fingerprint density at radius 1 is 1.16 bits per heavy atom. The molecule has 1 N–H and O–H groups in total. The first-order valence-corrected chi connectivity index (χ1v) is 7.10. The van der Waals surface area contributed by atoms with Gasteiger partial charge in [0, 0.05) is 7.11 Å². The van der Waals surface area contributed by atoms with Crippen molar-refractivity contribution in [2.75, 3.05) is 13.7 Å². The third kappa shape index (κ3) is 5.33. The minimum Gasteiger partial charge on any atom is -0.388 e. The lowest BCUT2D eigenvalue weighted by Crippen LogP contribution is -2.19. The zero-order valence-corrected chi connectivity index (χ0v) is 12.9. The number of methoxy groups -OCH3 is 1. The van der Waals surface area contributed by atoms with Crippen LogP contribution in [0.5, 0.6) is 0 Å². The van der Waals surface area contributed by atoms with Gasteiger partial charge in [0.2, 0.25) is 0 Å². The lowest BCUT2D eigenvalue weighted by molar-refractivity contribution is 0.111. The van der Waals surface area contributed by atoms with Crippen LogP contribution in [0.25, 0.3) is 0 Å². The van der Waals surface area contributed by atoms with Crippen molar-refractivity contribution in [3.8, 4) is 0 Å². The summed E-state index contributed by atoms with van der Waals surface area (Å²) in [6.45, 7) is 9.60. The molecule has 2 heteroatoms. The average Bonchev–Trinajstić information content (AvgIpc) is 2.35. The van der Waals surface area contributed by atoms with E-state index in [9.17, 15) is 5.11 Å². The molecule has 0 aromatic heterocycles. The van der Waals surface area contributed by atoms with Crippen LogP contribution in [0.2, 0.25) is 0 Å². The summed E-state index contributed by atoms with van der Waals surface area (Å²) in [4.78, 5) is 0. The molecule has 108 valence electrons. The molecule has 0 spiro atoms. The third-order valence-corrected chi connectivity index (χ3v) is 4.01. The highest BCUT2D eigenvalue weighted by Gasteiger charge is 2.23. The van der Waals surface area contributed by atoms with Crippen LogP contribution in [0.1, 0.15) is 51.3 Å². The maximum absolute atomic E-state index is 10.3. The molecule has 0 saturated carbocycles. The molecule has 0 fully saturated rings. The number of aliphatic hydroxyl groups excluding tert-OH is 1. The van der Waals surface area contributed by atoms with E-state index in [0.717, 1.165) is 25.0 Å². The Balaban J connectivity index is 2.60. The Bertz CT molecular complexity index is 362. The predicted molar refractivity (Wildman–Crippen MR) is 80.2 cm³/mol. The molecule has 1 aromatic rings. The highest BCUT2D eigenvalue weighted by molar-refractivity contribution is 5.24. The monoisotopic (exact) mass is 264 g/mol. The van der Waals surface area contributed by atoms with Crippen LogP contribution in [0, 0.1) is 11.3 Å². The van der Waals surface area contributed by atoms with E-state index < -0.39 is 0 Å². The van der Waals surface area contributed by atoms with Crippen molar-refractivity contribution < 1.29 is 9.84 Å². The van der Waals surface area contributed by atoms with E-state index in [4.69, 9.17) is 4.74 Å². The van der Waals surface area contributed by atoms with Crippen molar-refractivity contribution in [1.82, 2.24) is 0 Å². The Kier molecular flexibility index (Phi) is 6.02. The summed E-state index contributed by atoms with van der Waals surface area (Å²) in [5.74, 6) is 0.482. The van der Waals surface area contributed by atoms with Gasteiger partial charge in [-0.1, -0.05) is 52.0 Å². The molecular formula is C17H28O2. The zero-order chi connectivity index (χ0) is 14.5. The van der Waals surface area contributed by atoms with Crippen LogP contribution in [0.3, 0.4) is 0 Å². The van der Waals surface area contributed by atoms with Crippen LogP contribution < -0.4 is 0 Å². The topological polar surface area (TPSA) is 29.5 Å². The van der Waals surface area contributed by atoms with Gasteiger partial charge in [-0.15, -0.1) is 0 Å². The van der Waals surface area contributed by atoms with Gasteiger partial charge in [-0.3, -0.25) is 0 Å². The lowest BCUT2D eigenvalue weighted by atomic mass is 9.78. The smallest absolute Gasteiger partial charge is 0.0792 e. The molecule has 0 aliphatic rings. The molecule has 2 nitrogen and oxygen atoms in total. The highest BCUT2D eigenvalue weighted by Crippen LogP contribution is 2.33. The second-order valence-electron chi connectivity index (χ2n) is 6.50. The maximum Gasteiger partial charge on any atom is 0.0792 e. The van der Waals surface area contributed by atoms with Gasteiger partial charge in [0.05, 0.1) is 12.7 Å². The van der Waals surface area contributed by atoms with Crippen LogP contribution in [-0.4, -0.2) is 18.8 Å². The molecule has 0 radical (unpaired) electrons. The molecule has 0 aliphatic heterocycles. The minimum atomic E-state index is -0.370. The predicted octanol–water partition coefficient (Wildman–Crippen LogP) is 3.98. The fourth-order valence-electron chi connectivity index (χ4n) is 1.95. The first-order valence-electron chi connectivity index (χ1n) is 7.10. The molecule has 1 rings (SSSR count). The zero-order valence-electron chi connectivity index (χ0n) is 12.9. The lowest BCUT2D eigenvalue weighted by Gasteiger charge is -2.29. The summed E-state index contributed by atoms with van der Waals surface area (Å²) in [7, 11) is 1.71. The molecule has 0 saturated heterocycles. The number of benzene rings is 1. The van der Waals surface area contributed by atoms with Crippen molar-refractivity contribution in [2.24, 2.45) is 11.3 Å². The van der Waals surface area contributed by atoms with Crippen molar-refractivity contribution >= 4 is 0 Å². The van der Waals surface area contributed by atoms with Gasteiger partial charge in [0.15, 0.2) is 0 Å². The molecule has 0 bridgehead atoms. The Labute approximate surface area is 117 Å². The summed E-state index contributed by atoms with van der Waals surface area (Å²) in [6, 6.07) is 8.23. The van der Waals surface area contributed by atoms with E-state index in [0.29, 0.717) is 5.92 Å². The van der Waals surface area contributed by atoms with Crippen LogP contribution >= 0.6 is 0 Å². The Morgan fingerprint density at radius 2 is 1.74 bits per heavy atom. The van der Waals surface area contributed by atoms with Crippen LogP contribution in [-0.2, 0) is 11.2 Å². The Morgan fingerprint density at radius 3 is 2.21 bits per heavy atom. The van der Waals surface area contributed by atoms with E-state index in [-0.39, 0.29) is 11.5 Å². The van der Waals surface area contributed by atoms with E-state index in [1.807, 2.05) is 12.1 Å². The summed E-state index contributed by atoms with van der Waals surface area (Å²) >= 11 is 0.